The molecule has 0 aliphatic carbocycles. The number of thiazole rings is 1. The van der Waals surface area contributed by atoms with Crippen molar-refractivity contribution in [2.45, 2.75) is 39.5 Å². The van der Waals surface area contributed by atoms with E-state index >= 15 is 0 Å². The Hall–Kier alpha value is -1.68. The van der Waals surface area contributed by atoms with Crippen LogP contribution in [-0.2, 0) is 11.2 Å². The van der Waals surface area contributed by atoms with E-state index in [1.54, 1.807) is 0 Å². The van der Waals surface area contributed by atoms with Gasteiger partial charge in [0.15, 0.2) is 5.13 Å². The molecule has 3 nitrogen and oxygen atoms in total. The Morgan fingerprint density at radius 2 is 2.00 bits per heavy atom. The average Bonchev–Trinajstić information content (AvgIpc) is 2.82. The average molecular weight is 288 g/mol. The first kappa shape index (κ1) is 14.7. The molecule has 0 spiro atoms. The second kappa shape index (κ2) is 6.66. The number of anilines is 1. The number of aromatic nitrogens is 1. The van der Waals surface area contributed by atoms with Gasteiger partial charge in [-0.05, 0) is 30.4 Å². The summed E-state index contributed by atoms with van der Waals surface area (Å²) in [4.78, 5) is 16.0. The predicted molar refractivity (Wildman–Crippen MR) is 84.3 cm³/mol. The van der Waals surface area contributed by atoms with Gasteiger partial charge < -0.3 is 5.32 Å². The molecule has 2 aromatic rings. The number of hydrogen-bond acceptors (Lipinski definition) is 3. The van der Waals surface area contributed by atoms with Crippen LogP contribution in [0.1, 0.15) is 43.0 Å². The van der Waals surface area contributed by atoms with Gasteiger partial charge in [-0.1, -0.05) is 38.1 Å². The first-order valence-corrected chi connectivity index (χ1v) is 7.73. The number of rotatable bonds is 5. The second-order valence-electron chi connectivity index (χ2n) is 5.24. The van der Waals surface area contributed by atoms with E-state index < -0.39 is 0 Å². The third-order valence-electron chi connectivity index (χ3n) is 3.15. The molecule has 0 bridgehead atoms. The molecule has 0 fully saturated rings. The Morgan fingerprint density at radius 3 is 2.55 bits per heavy atom. The lowest BCUT2D eigenvalue weighted by Gasteiger charge is -2.07. The summed E-state index contributed by atoms with van der Waals surface area (Å²) in [5.74, 6) is 0.563. The lowest BCUT2D eigenvalue weighted by atomic mass is 10.0. The highest BCUT2D eigenvalue weighted by Gasteiger charge is 2.06. The van der Waals surface area contributed by atoms with Gasteiger partial charge in [0, 0.05) is 11.8 Å². The Bertz CT molecular complexity index is 572. The van der Waals surface area contributed by atoms with Gasteiger partial charge in [-0.15, -0.1) is 11.3 Å². The summed E-state index contributed by atoms with van der Waals surface area (Å²) in [5, 5.41) is 5.44. The highest BCUT2D eigenvalue weighted by molar-refractivity contribution is 7.13. The van der Waals surface area contributed by atoms with Gasteiger partial charge in [-0.25, -0.2) is 4.98 Å². The minimum atomic E-state index is 0.0206. The Kier molecular flexibility index (Phi) is 4.90. The highest BCUT2D eigenvalue weighted by Crippen LogP contribution is 2.17. The first-order valence-electron chi connectivity index (χ1n) is 6.85. The molecule has 20 heavy (non-hydrogen) atoms. The van der Waals surface area contributed by atoms with E-state index in [4.69, 9.17) is 0 Å². The fraction of sp³-hybridized carbons (Fsp3) is 0.375. The molecule has 0 aliphatic rings. The molecule has 4 heteroatoms. The Balaban J connectivity index is 1.83. The zero-order valence-corrected chi connectivity index (χ0v) is 13.0. The molecular weight excluding hydrogens is 268 g/mol. The van der Waals surface area contributed by atoms with Crippen LogP contribution in [0.3, 0.4) is 0 Å². The molecule has 2 rings (SSSR count). The van der Waals surface area contributed by atoms with Crippen LogP contribution >= 0.6 is 11.3 Å². The number of nitrogens with one attached hydrogen (secondary N) is 1. The number of nitrogens with zero attached hydrogens (tertiary/aromatic N) is 1. The van der Waals surface area contributed by atoms with Crippen molar-refractivity contribution in [1.29, 1.82) is 0 Å². The number of benzene rings is 1. The molecule has 0 saturated carbocycles. The van der Waals surface area contributed by atoms with Crippen LogP contribution in [0, 0.1) is 6.92 Å². The zero-order valence-electron chi connectivity index (χ0n) is 12.1. The van der Waals surface area contributed by atoms with Gasteiger partial charge in [0.25, 0.3) is 0 Å². The Morgan fingerprint density at radius 1 is 1.30 bits per heavy atom. The number of carbonyl (C=O) groups excluding carboxylic acids is 1. The molecule has 0 unspecified atom stereocenters. The van der Waals surface area contributed by atoms with Crippen LogP contribution in [0.25, 0.3) is 0 Å². The van der Waals surface area contributed by atoms with Crippen molar-refractivity contribution in [3.8, 4) is 0 Å². The van der Waals surface area contributed by atoms with Crippen LogP contribution in [0.2, 0.25) is 0 Å². The molecule has 1 amide bonds. The van der Waals surface area contributed by atoms with Gasteiger partial charge in [0.1, 0.15) is 0 Å². The molecule has 0 atom stereocenters. The summed E-state index contributed by atoms with van der Waals surface area (Å²) in [6, 6.07) is 8.50. The molecule has 0 saturated heterocycles. The molecule has 0 aliphatic heterocycles. The quantitative estimate of drug-likeness (QED) is 0.898. The zero-order chi connectivity index (χ0) is 14.5. The monoisotopic (exact) mass is 288 g/mol. The number of amides is 1. The Labute approximate surface area is 124 Å². The lowest BCUT2D eigenvalue weighted by molar-refractivity contribution is -0.116. The number of carbonyl (C=O) groups is 1. The fourth-order valence-corrected chi connectivity index (χ4v) is 2.62. The fourth-order valence-electron chi connectivity index (χ4n) is 1.92. The minimum absolute atomic E-state index is 0.0206. The summed E-state index contributed by atoms with van der Waals surface area (Å²) < 4.78 is 0. The number of hydrogen-bond donors (Lipinski definition) is 1. The SMILES string of the molecule is Cc1csc(NC(=O)CCc2ccc(C(C)C)cc2)n1. The van der Waals surface area contributed by atoms with Crippen molar-refractivity contribution in [3.63, 3.8) is 0 Å². The van der Waals surface area contributed by atoms with E-state index in [0.29, 0.717) is 17.5 Å². The van der Waals surface area contributed by atoms with E-state index in [0.717, 1.165) is 12.1 Å². The van der Waals surface area contributed by atoms with Gasteiger partial charge in [0.05, 0.1) is 5.69 Å². The maximum atomic E-state index is 11.8. The van der Waals surface area contributed by atoms with Gasteiger partial charge in [0.2, 0.25) is 5.91 Å². The van der Waals surface area contributed by atoms with E-state index in [1.807, 2.05) is 12.3 Å². The normalized spacial score (nSPS) is 10.8. The maximum Gasteiger partial charge on any atom is 0.226 e. The molecule has 1 heterocycles. The third kappa shape index (κ3) is 4.17. The first-order chi connectivity index (χ1) is 9.54. The van der Waals surface area contributed by atoms with E-state index in [9.17, 15) is 4.79 Å². The third-order valence-corrected chi connectivity index (χ3v) is 4.03. The molecule has 106 valence electrons. The lowest BCUT2D eigenvalue weighted by Crippen LogP contribution is -2.12. The van der Waals surface area contributed by atoms with Gasteiger partial charge in [-0.3, -0.25) is 4.79 Å². The molecule has 1 aromatic heterocycles. The van der Waals surface area contributed by atoms with E-state index in [2.05, 4.69) is 48.4 Å². The van der Waals surface area contributed by atoms with Crippen molar-refractivity contribution < 1.29 is 4.79 Å². The maximum absolute atomic E-state index is 11.8. The van der Waals surface area contributed by atoms with Crippen molar-refractivity contribution in [1.82, 2.24) is 4.98 Å². The summed E-state index contributed by atoms with van der Waals surface area (Å²) in [7, 11) is 0. The molecular formula is C16H20N2OS. The summed E-state index contributed by atoms with van der Waals surface area (Å²) in [6.45, 7) is 6.28. The van der Waals surface area contributed by atoms with Crippen molar-refractivity contribution in [3.05, 3.63) is 46.5 Å². The molecule has 1 aromatic carbocycles. The van der Waals surface area contributed by atoms with Crippen LogP contribution in [-0.4, -0.2) is 10.9 Å². The predicted octanol–water partition coefficient (Wildman–Crippen LogP) is 4.15. The minimum Gasteiger partial charge on any atom is -0.302 e. The second-order valence-corrected chi connectivity index (χ2v) is 6.10. The van der Waals surface area contributed by atoms with Gasteiger partial charge >= 0.3 is 0 Å². The summed E-state index contributed by atoms with van der Waals surface area (Å²) in [6.07, 6.45) is 1.24. The van der Waals surface area contributed by atoms with Crippen molar-refractivity contribution in [2.24, 2.45) is 0 Å². The van der Waals surface area contributed by atoms with Crippen LogP contribution in [0.15, 0.2) is 29.6 Å². The smallest absolute Gasteiger partial charge is 0.226 e. The highest BCUT2D eigenvalue weighted by atomic mass is 32.1. The largest absolute Gasteiger partial charge is 0.302 e. The molecule has 0 radical (unpaired) electrons. The van der Waals surface area contributed by atoms with Crippen molar-refractivity contribution in [2.75, 3.05) is 5.32 Å². The van der Waals surface area contributed by atoms with Crippen LogP contribution < -0.4 is 5.32 Å². The van der Waals surface area contributed by atoms with Crippen LogP contribution in [0.4, 0.5) is 5.13 Å². The topological polar surface area (TPSA) is 42.0 Å². The van der Waals surface area contributed by atoms with Crippen LogP contribution in [0.5, 0.6) is 0 Å². The summed E-state index contributed by atoms with van der Waals surface area (Å²) >= 11 is 1.46. The molecule has 1 N–H and O–H groups in total. The van der Waals surface area contributed by atoms with Crippen molar-refractivity contribution >= 4 is 22.4 Å². The van der Waals surface area contributed by atoms with E-state index in [-0.39, 0.29) is 5.91 Å². The van der Waals surface area contributed by atoms with Gasteiger partial charge in [-0.2, -0.15) is 0 Å². The summed E-state index contributed by atoms with van der Waals surface area (Å²) in [5.41, 5.74) is 3.46. The van der Waals surface area contributed by atoms with E-state index in [1.165, 1.54) is 22.5 Å². The standard InChI is InChI=1S/C16H20N2OS/c1-11(2)14-7-4-13(5-8-14)6-9-15(19)18-16-17-12(3)10-20-16/h4-5,7-8,10-11H,6,9H2,1-3H3,(H,17,18,19). The number of aryl methyl sites for hydroxylation is 2.